The molecule has 1 N–H and O–H groups in total. The van der Waals surface area contributed by atoms with Gasteiger partial charge in [-0.25, -0.2) is 9.78 Å². The summed E-state index contributed by atoms with van der Waals surface area (Å²) >= 11 is 0. The topological polar surface area (TPSA) is 55.1 Å². The summed E-state index contributed by atoms with van der Waals surface area (Å²) in [6, 6.07) is 5.36. The lowest BCUT2D eigenvalue weighted by atomic mass is 9.87. The first-order valence-electron chi connectivity index (χ1n) is 7.43. The van der Waals surface area contributed by atoms with Crippen LogP contribution in [0.25, 0.3) is 11.0 Å². The first-order chi connectivity index (χ1) is 9.75. The van der Waals surface area contributed by atoms with Crippen molar-refractivity contribution in [2.24, 2.45) is 5.92 Å². The Morgan fingerprint density at radius 3 is 2.85 bits per heavy atom. The number of hydrogen-bond acceptors (Lipinski definition) is 2. The molecule has 1 heterocycles. The minimum Gasteiger partial charge on any atom is -0.478 e. The highest BCUT2D eigenvalue weighted by Gasteiger charge is 2.15. The van der Waals surface area contributed by atoms with Gasteiger partial charge < -0.3 is 9.67 Å². The number of carboxylic acids is 1. The molecule has 0 saturated heterocycles. The second-order valence-electron chi connectivity index (χ2n) is 5.71. The Labute approximate surface area is 118 Å². The molecule has 1 aliphatic carbocycles. The summed E-state index contributed by atoms with van der Waals surface area (Å²) in [5.74, 6) is -0.0861. The smallest absolute Gasteiger partial charge is 0.337 e. The minimum atomic E-state index is -0.909. The maximum Gasteiger partial charge on any atom is 0.337 e. The summed E-state index contributed by atoms with van der Waals surface area (Å²) in [6.07, 6.45) is 9.73. The lowest BCUT2D eigenvalue weighted by Gasteiger charge is -2.21. The van der Waals surface area contributed by atoms with Crippen LogP contribution in [0.15, 0.2) is 24.5 Å². The maximum absolute atomic E-state index is 11.2. The second kappa shape index (κ2) is 5.65. The molecule has 1 aliphatic rings. The monoisotopic (exact) mass is 272 g/mol. The van der Waals surface area contributed by atoms with E-state index in [4.69, 9.17) is 0 Å². The van der Waals surface area contributed by atoms with Crippen molar-refractivity contribution < 1.29 is 9.90 Å². The number of nitrogens with zero attached hydrogens (tertiary/aromatic N) is 2. The van der Waals surface area contributed by atoms with E-state index in [0.29, 0.717) is 11.1 Å². The van der Waals surface area contributed by atoms with E-state index in [-0.39, 0.29) is 0 Å². The van der Waals surface area contributed by atoms with Gasteiger partial charge >= 0.3 is 5.97 Å². The SMILES string of the molecule is O=C(O)c1cccc2c1ncn2CCC1CCCCC1. The van der Waals surface area contributed by atoms with Crippen LogP contribution in [0.1, 0.15) is 48.9 Å². The lowest BCUT2D eigenvalue weighted by Crippen LogP contribution is -2.09. The van der Waals surface area contributed by atoms with Gasteiger partial charge in [0.15, 0.2) is 0 Å². The number of hydrogen-bond donors (Lipinski definition) is 1. The van der Waals surface area contributed by atoms with E-state index >= 15 is 0 Å². The Morgan fingerprint density at radius 1 is 1.30 bits per heavy atom. The molecular formula is C16H20N2O2. The van der Waals surface area contributed by atoms with Gasteiger partial charge in [0.2, 0.25) is 0 Å². The summed E-state index contributed by atoms with van der Waals surface area (Å²) < 4.78 is 2.09. The molecule has 1 saturated carbocycles. The largest absolute Gasteiger partial charge is 0.478 e. The normalized spacial score (nSPS) is 16.6. The van der Waals surface area contributed by atoms with Gasteiger partial charge in [0, 0.05) is 6.54 Å². The van der Waals surface area contributed by atoms with E-state index < -0.39 is 5.97 Å². The van der Waals surface area contributed by atoms with Crippen LogP contribution in [0, 0.1) is 5.92 Å². The highest BCUT2D eigenvalue weighted by Crippen LogP contribution is 2.27. The first-order valence-corrected chi connectivity index (χ1v) is 7.43. The van der Waals surface area contributed by atoms with Crippen LogP contribution in [0.4, 0.5) is 0 Å². The number of benzene rings is 1. The van der Waals surface area contributed by atoms with Gasteiger partial charge in [-0.05, 0) is 24.5 Å². The number of imidazole rings is 1. The molecule has 0 spiro atoms. The van der Waals surface area contributed by atoms with Crippen LogP contribution in [0.3, 0.4) is 0 Å². The summed E-state index contributed by atoms with van der Waals surface area (Å²) in [7, 11) is 0. The Kier molecular flexibility index (Phi) is 3.72. The molecule has 0 atom stereocenters. The predicted molar refractivity (Wildman–Crippen MR) is 77.9 cm³/mol. The van der Waals surface area contributed by atoms with Crippen LogP contribution in [0.2, 0.25) is 0 Å². The van der Waals surface area contributed by atoms with Gasteiger partial charge in [0.1, 0.15) is 5.52 Å². The van der Waals surface area contributed by atoms with Gasteiger partial charge in [-0.15, -0.1) is 0 Å². The Balaban J connectivity index is 1.78. The molecule has 1 fully saturated rings. The van der Waals surface area contributed by atoms with Crippen LogP contribution in [0.5, 0.6) is 0 Å². The van der Waals surface area contributed by atoms with Gasteiger partial charge in [0.25, 0.3) is 0 Å². The molecule has 2 aromatic rings. The van der Waals surface area contributed by atoms with Crippen LogP contribution in [-0.4, -0.2) is 20.6 Å². The number of carboxylic acid groups (broad SMARTS) is 1. The number of carbonyl (C=O) groups is 1. The van der Waals surface area contributed by atoms with Gasteiger partial charge in [-0.1, -0.05) is 38.2 Å². The van der Waals surface area contributed by atoms with Crippen molar-refractivity contribution in [3.8, 4) is 0 Å². The van der Waals surface area contributed by atoms with Gasteiger partial charge in [-0.2, -0.15) is 0 Å². The average molecular weight is 272 g/mol. The molecule has 0 bridgehead atoms. The highest BCUT2D eigenvalue weighted by atomic mass is 16.4. The number of aromatic carboxylic acids is 1. The van der Waals surface area contributed by atoms with E-state index in [1.54, 1.807) is 18.5 Å². The van der Waals surface area contributed by atoms with Crippen molar-refractivity contribution in [2.75, 3.05) is 0 Å². The molecule has 20 heavy (non-hydrogen) atoms. The fraction of sp³-hybridized carbons (Fsp3) is 0.500. The van der Waals surface area contributed by atoms with Crippen molar-refractivity contribution in [1.82, 2.24) is 9.55 Å². The zero-order valence-corrected chi connectivity index (χ0v) is 11.6. The maximum atomic E-state index is 11.2. The number of para-hydroxylation sites is 1. The van der Waals surface area contributed by atoms with Crippen molar-refractivity contribution in [2.45, 2.75) is 45.1 Å². The van der Waals surface area contributed by atoms with Crippen LogP contribution in [-0.2, 0) is 6.54 Å². The Hall–Kier alpha value is -1.84. The van der Waals surface area contributed by atoms with Crippen LogP contribution >= 0.6 is 0 Å². The number of fused-ring (bicyclic) bond motifs is 1. The predicted octanol–water partition coefficient (Wildman–Crippen LogP) is 3.70. The molecule has 4 heteroatoms. The summed E-state index contributed by atoms with van der Waals surface area (Å²) in [4.78, 5) is 15.5. The quantitative estimate of drug-likeness (QED) is 0.923. The molecule has 0 aliphatic heterocycles. The second-order valence-corrected chi connectivity index (χ2v) is 5.71. The molecule has 0 radical (unpaired) electrons. The third-order valence-corrected chi connectivity index (χ3v) is 4.38. The molecule has 1 aromatic heterocycles. The number of aromatic nitrogens is 2. The van der Waals surface area contributed by atoms with Crippen molar-refractivity contribution in [3.63, 3.8) is 0 Å². The number of rotatable bonds is 4. The Bertz CT molecular complexity index is 612. The fourth-order valence-electron chi connectivity index (χ4n) is 3.24. The van der Waals surface area contributed by atoms with E-state index in [0.717, 1.165) is 18.0 Å². The zero-order valence-electron chi connectivity index (χ0n) is 11.6. The first kappa shape index (κ1) is 13.2. The third kappa shape index (κ3) is 2.55. The van der Waals surface area contributed by atoms with Gasteiger partial charge in [0.05, 0.1) is 17.4 Å². The van der Waals surface area contributed by atoms with Crippen molar-refractivity contribution in [3.05, 3.63) is 30.1 Å². The molecule has 0 amide bonds. The standard InChI is InChI=1S/C16H20N2O2/c19-16(20)13-7-4-8-14-15(13)17-11-18(14)10-9-12-5-2-1-3-6-12/h4,7-8,11-12H,1-3,5-6,9-10H2,(H,19,20). The van der Waals surface area contributed by atoms with E-state index in [1.807, 2.05) is 6.07 Å². The molecule has 4 nitrogen and oxygen atoms in total. The molecule has 0 unspecified atom stereocenters. The zero-order chi connectivity index (χ0) is 13.9. The minimum absolute atomic E-state index is 0.291. The summed E-state index contributed by atoms with van der Waals surface area (Å²) in [5.41, 5.74) is 1.82. The molecule has 106 valence electrons. The molecular weight excluding hydrogens is 252 g/mol. The molecule has 3 rings (SSSR count). The average Bonchev–Trinajstić information content (AvgIpc) is 2.89. The highest BCUT2D eigenvalue weighted by molar-refractivity contribution is 6.00. The van der Waals surface area contributed by atoms with Crippen molar-refractivity contribution in [1.29, 1.82) is 0 Å². The van der Waals surface area contributed by atoms with E-state index in [2.05, 4.69) is 9.55 Å². The van der Waals surface area contributed by atoms with Crippen LogP contribution < -0.4 is 0 Å². The van der Waals surface area contributed by atoms with E-state index in [1.165, 1.54) is 38.5 Å². The van der Waals surface area contributed by atoms with Gasteiger partial charge in [-0.3, -0.25) is 0 Å². The number of aryl methyl sites for hydroxylation is 1. The fourth-order valence-corrected chi connectivity index (χ4v) is 3.24. The summed E-state index contributed by atoms with van der Waals surface area (Å²) in [6.45, 7) is 0.935. The van der Waals surface area contributed by atoms with E-state index in [9.17, 15) is 9.90 Å². The summed E-state index contributed by atoms with van der Waals surface area (Å²) in [5, 5.41) is 9.18. The lowest BCUT2D eigenvalue weighted by molar-refractivity contribution is 0.0699. The molecule has 1 aromatic carbocycles. The Morgan fingerprint density at radius 2 is 2.10 bits per heavy atom. The third-order valence-electron chi connectivity index (χ3n) is 4.38. The van der Waals surface area contributed by atoms with Crippen molar-refractivity contribution >= 4 is 17.0 Å².